The van der Waals surface area contributed by atoms with Crippen LogP contribution in [-0.4, -0.2) is 17.5 Å². The summed E-state index contributed by atoms with van der Waals surface area (Å²) in [6, 6.07) is 16.9. The van der Waals surface area contributed by atoms with Crippen LogP contribution in [0.15, 0.2) is 58.1 Å². The number of rotatable bonds is 1. The third-order valence-corrected chi connectivity index (χ3v) is 4.33. The lowest BCUT2D eigenvalue weighted by molar-refractivity contribution is 0.0750. The molecule has 0 radical (unpaired) electrons. The first-order valence-electron chi connectivity index (χ1n) is 6.63. The van der Waals surface area contributed by atoms with Crippen LogP contribution >= 0.6 is 15.9 Å². The smallest absolute Gasteiger partial charge is 0.177 e. The summed E-state index contributed by atoms with van der Waals surface area (Å²) in [4.78, 5) is 0. The molecule has 0 aromatic heterocycles. The molecule has 2 aromatic carbocycles. The summed E-state index contributed by atoms with van der Waals surface area (Å²) < 4.78 is 6.84. The number of hydrogen-bond acceptors (Lipinski definition) is 3. The molecule has 2 heterocycles. The van der Waals surface area contributed by atoms with E-state index in [4.69, 9.17) is 9.84 Å². The summed E-state index contributed by atoms with van der Waals surface area (Å²) in [7, 11) is 0. The minimum atomic E-state index is 0.304. The Bertz CT molecular complexity index is 681. The van der Waals surface area contributed by atoms with Crippen molar-refractivity contribution in [3.05, 3.63) is 64.1 Å². The van der Waals surface area contributed by atoms with Crippen LogP contribution in [0, 0.1) is 0 Å². The average molecular weight is 329 g/mol. The summed E-state index contributed by atoms with van der Waals surface area (Å²) in [6.07, 6.45) is 0.933. The molecule has 1 unspecified atom stereocenters. The second-order valence-corrected chi connectivity index (χ2v) is 5.94. The maximum absolute atomic E-state index is 5.75. The van der Waals surface area contributed by atoms with Gasteiger partial charge in [0, 0.05) is 16.5 Å². The van der Waals surface area contributed by atoms with Crippen LogP contribution in [0.4, 0.5) is 0 Å². The van der Waals surface area contributed by atoms with Crippen LogP contribution < -0.4 is 4.74 Å². The number of benzene rings is 2. The molecule has 0 spiro atoms. The molecule has 2 aliphatic rings. The number of hydrazone groups is 1. The van der Waals surface area contributed by atoms with Gasteiger partial charge in [0.05, 0.1) is 11.8 Å². The molecule has 0 aliphatic carbocycles. The lowest BCUT2D eigenvalue weighted by Crippen LogP contribution is -2.29. The van der Waals surface area contributed by atoms with Crippen LogP contribution in [0.2, 0.25) is 0 Å². The largest absolute Gasteiger partial charge is 0.471 e. The van der Waals surface area contributed by atoms with E-state index in [0.29, 0.717) is 12.8 Å². The fourth-order valence-electron chi connectivity index (χ4n) is 2.78. The number of ether oxygens (including phenoxy) is 1. The minimum absolute atomic E-state index is 0.304. The van der Waals surface area contributed by atoms with Gasteiger partial charge in [-0.2, -0.15) is 5.10 Å². The third-order valence-electron chi connectivity index (χ3n) is 3.80. The van der Waals surface area contributed by atoms with Crippen molar-refractivity contribution in [3.63, 3.8) is 0 Å². The second-order valence-electron chi connectivity index (χ2n) is 5.02. The fraction of sp³-hybridized carbons (Fsp3) is 0.188. The van der Waals surface area contributed by atoms with Crippen LogP contribution in [0.1, 0.15) is 23.6 Å². The second kappa shape index (κ2) is 4.63. The van der Waals surface area contributed by atoms with E-state index in [1.54, 1.807) is 0 Å². The van der Waals surface area contributed by atoms with Gasteiger partial charge >= 0.3 is 0 Å². The van der Waals surface area contributed by atoms with E-state index in [-0.39, 0.29) is 0 Å². The molecule has 0 bridgehead atoms. The van der Waals surface area contributed by atoms with E-state index in [1.165, 1.54) is 11.1 Å². The van der Waals surface area contributed by atoms with E-state index in [2.05, 4.69) is 52.3 Å². The topological polar surface area (TPSA) is 24.8 Å². The molecule has 20 heavy (non-hydrogen) atoms. The number of halogens is 1. The summed E-state index contributed by atoms with van der Waals surface area (Å²) in [6.45, 7) is 0.529. The molecule has 4 heteroatoms. The highest BCUT2D eigenvalue weighted by Gasteiger charge is 2.33. The van der Waals surface area contributed by atoms with Crippen molar-refractivity contribution in [1.29, 1.82) is 0 Å². The van der Waals surface area contributed by atoms with Gasteiger partial charge in [-0.15, -0.1) is 0 Å². The minimum Gasteiger partial charge on any atom is -0.471 e. The van der Waals surface area contributed by atoms with E-state index in [9.17, 15) is 0 Å². The third kappa shape index (κ3) is 1.91. The van der Waals surface area contributed by atoms with Crippen LogP contribution in [0.3, 0.4) is 0 Å². The molecular formula is C16H13BrN2O. The Morgan fingerprint density at radius 2 is 1.90 bits per heavy atom. The highest BCUT2D eigenvalue weighted by molar-refractivity contribution is 9.10. The van der Waals surface area contributed by atoms with Crippen molar-refractivity contribution in [2.24, 2.45) is 5.10 Å². The molecule has 0 N–H and O–H groups in total. The zero-order valence-electron chi connectivity index (χ0n) is 10.8. The highest BCUT2D eigenvalue weighted by atomic mass is 79.9. The molecule has 100 valence electrons. The maximum Gasteiger partial charge on any atom is 0.177 e. The monoisotopic (exact) mass is 328 g/mol. The summed E-state index contributed by atoms with van der Waals surface area (Å²) in [5.74, 6) is 0.987. The average Bonchev–Trinajstić information content (AvgIpc) is 2.92. The number of fused-ring (bicyclic) bond motifs is 3. The Morgan fingerprint density at radius 1 is 1.10 bits per heavy atom. The van der Waals surface area contributed by atoms with E-state index >= 15 is 0 Å². The Kier molecular flexibility index (Phi) is 2.77. The standard InChI is InChI=1S/C16H13BrN2O/c17-12-7-5-11(6-8-12)14-9-15-13-3-1-2-4-16(13)20-10-19(15)18-14/h1-8,15H,9-10H2. The van der Waals surface area contributed by atoms with Crippen molar-refractivity contribution in [3.8, 4) is 5.75 Å². The van der Waals surface area contributed by atoms with Crippen LogP contribution in [0.5, 0.6) is 5.75 Å². The summed E-state index contributed by atoms with van der Waals surface area (Å²) in [5, 5.41) is 6.76. The predicted octanol–water partition coefficient (Wildman–Crippen LogP) is 3.95. The number of para-hydroxylation sites is 1. The van der Waals surface area contributed by atoms with Gasteiger partial charge in [0.1, 0.15) is 5.75 Å². The number of nitrogens with zero attached hydrogens (tertiary/aromatic N) is 2. The van der Waals surface area contributed by atoms with Crippen LogP contribution in [0.25, 0.3) is 0 Å². The Hall–Kier alpha value is -1.81. The first-order valence-corrected chi connectivity index (χ1v) is 7.42. The lowest BCUT2D eigenvalue weighted by atomic mass is 9.97. The molecule has 3 nitrogen and oxygen atoms in total. The zero-order chi connectivity index (χ0) is 13.5. The molecule has 2 aromatic rings. The molecule has 0 amide bonds. The van der Waals surface area contributed by atoms with E-state index in [0.717, 1.165) is 22.4 Å². The van der Waals surface area contributed by atoms with Gasteiger partial charge in [-0.1, -0.05) is 46.3 Å². The summed E-state index contributed by atoms with van der Waals surface area (Å²) in [5.41, 5.74) is 3.54. The normalized spacial score (nSPS) is 19.9. The van der Waals surface area contributed by atoms with Crippen molar-refractivity contribution in [2.75, 3.05) is 6.73 Å². The molecule has 4 rings (SSSR count). The number of hydrogen-bond donors (Lipinski definition) is 0. The molecular weight excluding hydrogens is 316 g/mol. The van der Waals surface area contributed by atoms with Gasteiger partial charge in [-0.05, 0) is 23.8 Å². The van der Waals surface area contributed by atoms with Gasteiger partial charge in [0.15, 0.2) is 6.73 Å². The van der Waals surface area contributed by atoms with E-state index in [1.807, 2.05) is 17.1 Å². The SMILES string of the molecule is Brc1ccc(C2=NN3COc4ccccc4C3C2)cc1. The molecule has 0 saturated heterocycles. The van der Waals surface area contributed by atoms with Gasteiger partial charge < -0.3 is 4.74 Å². The lowest BCUT2D eigenvalue weighted by Gasteiger charge is -2.30. The maximum atomic E-state index is 5.75. The molecule has 0 fully saturated rings. The van der Waals surface area contributed by atoms with Crippen molar-refractivity contribution in [2.45, 2.75) is 12.5 Å². The predicted molar refractivity (Wildman–Crippen MR) is 81.8 cm³/mol. The molecule has 2 aliphatic heterocycles. The molecule has 0 saturated carbocycles. The quantitative estimate of drug-likeness (QED) is 0.791. The van der Waals surface area contributed by atoms with E-state index < -0.39 is 0 Å². The first kappa shape index (κ1) is 12.0. The van der Waals surface area contributed by atoms with Gasteiger partial charge in [-0.25, -0.2) is 0 Å². The van der Waals surface area contributed by atoms with Gasteiger partial charge in [0.25, 0.3) is 0 Å². The Morgan fingerprint density at radius 3 is 2.75 bits per heavy atom. The van der Waals surface area contributed by atoms with Crippen LogP contribution in [-0.2, 0) is 0 Å². The first-order chi connectivity index (χ1) is 9.81. The van der Waals surface area contributed by atoms with Crippen molar-refractivity contribution in [1.82, 2.24) is 5.01 Å². The van der Waals surface area contributed by atoms with Gasteiger partial charge in [0.2, 0.25) is 0 Å². The summed E-state index contributed by atoms with van der Waals surface area (Å²) >= 11 is 3.47. The Balaban J connectivity index is 1.67. The molecule has 1 atom stereocenters. The van der Waals surface area contributed by atoms with Crippen molar-refractivity contribution < 1.29 is 4.74 Å². The zero-order valence-corrected chi connectivity index (χ0v) is 12.4. The fourth-order valence-corrected chi connectivity index (χ4v) is 3.05. The Labute approximate surface area is 126 Å². The van der Waals surface area contributed by atoms with Gasteiger partial charge in [-0.3, -0.25) is 5.01 Å². The highest BCUT2D eigenvalue weighted by Crippen LogP contribution is 2.40. The van der Waals surface area contributed by atoms with Crippen molar-refractivity contribution >= 4 is 21.6 Å².